The Balaban J connectivity index is 2.02. The van der Waals surface area contributed by atoms with E-state index in [1.165, 1.54) is 0 Å². The van der Waals surface area contributed by atoms with Crippen LogP contribution in [0.2, 0.25) is 0 Å². The molecule has 0 aromatic heterocycles. The highest BCUT2D eigenvalue weighted by molar-refractivity contribution is 5.93. The third-order valence-corrected chi connectivity index (χ3v) is 3.37. The average Bonchev–Trinajstić information content (AvgIpc) is 2.59. The first kappa shape index (κ1) is 17.6. The van der Waals surface area contributed by atoms with Crippen molar-refractivity contribution in [3.63, 3.8) is 0 Å². The summed E-state index contributed by atoms with van der Waals surface area (Å²) in [4.78, 5) is 0. The molecule has 0 N–H and O–H groups in total. The molecule has 4 heteroatoms. The van der Waals surface area contributed by atoms with Crippen LogP contribution in [0.5, 0.6) is 11.5 Å². The number of ether oxygens (including phenoxy) is 4. The predicted molar refractivity (Wildman–Crippen MR) is 92.5 cm³/mol. The first-order valence-electron chi connectivity index (χ1n) is 8.29. The van der Waals surface area contributed by atoms with Gasteiger partial charge in [0.05, 0.1) is 13.2 Å². The van der Waals surface area contributed by atoms with Gasteiger partial charge in [0.15, 0.2) is 0 Å². The van der Waals surface area contributed by atoms with Crippen LogP contribution < -0.4 is 9.47 Å². The summed E-state index contributed by atoms with van der Waals surface area (Å²) >= 11 is 0. The largest absolute Gasteiger partial charge is 0.491 e. The van der Waals surface area contributed by atoms with Gasteiger partial charge in [0, 0.05) is 24.0 Å². The average molecular weight is 318 g/mol. The van der Waals surface area contributed by atoms with Crippen molar-refractivity contribution in [1.29, 1.82) is 0 Å². The topological polar surface area (TPSA) is 36.9 Å². The molecule has 0 spiro atoms. The molecule has 0 heterocycles. The van der Waals surface area contributed by atoms with Crippen molar-refractivity contribution < 1.29 is 18.9 Å². The van der Waals surface area contributed by atoms with E-state index in [2.05, 4.69) is 6.92 Å². The summed E-state index contributed by atoms with van der Waals surface area (Å²) in [6.07, 6.45) is 1.02. The van der Waals surface area contributed by atoms with E-state index in [1.54, 1.807) is 0 Å². The number of fused-ring (bicyclic) bond motifs is 1. The highest BCUT2D eigenvalue weighted by atomic mass is 16.5. The van der Waals surface area contributed by atoms with Crippen LogP contribution in [0.1, 0.15) is 20.3 Å². The van der Waals surface area contributed by atoms with Gasteiger partial charge in [-0.1, -0.05) is 31.2 Å². The second-order valence-electron chi connectivity index (χ2n) is 5.11. The van der Waals surface area contributed by atoms with Gasteiger partial charge in [-0.25, -0.2) is 0 Å². The van der Waals surface area contributed by atoms with Crippen LogP contribution in [-0.4, -0.2) is 39.6 Å². The zero-order valence-electron chi connectivity index (χ0n) is 14.0. The van der Waals surface area contributed by atoms with E-state index >= 15 is 0 Å². The molecular weight excluding hydrogens is 292 g/mol. The lowest BCUT2D eigenvalue weighted by molar-refractivity contribution is 0.101. The van der Waals surface area contributed by atoms with E-state index in [9.17, 15) is 0 Å². The Labute approximate surface area is 138 Å². The minimum atomic E-state index is 0.545. The highest BCUT2D eigenvalue weighted by Gasteiger charge is 2.07. The zero-order valence-corrected chi connectivity index (χ0v) is 14.0. The van der Waals surface area contributed by atoms with Gasteiger partial charge in [-0.15, -0.1) is 0 Å². The van der Waals surface area contributed by atoms with Gasteiger partial charge < -0.3 is 18.9 Å². The molecule has 0 unspecified atom stereocenters. The van der Waals surface area contributed by atoms with Crippen LogP contribution in [0.4, 0.5) is 0 Å². The van der Waals surface area contributed by atoms with Crippen molar-refractivity contribution in [2.24, 2.45) is 0 Å². The minimum absolute atomic E-state index is 0.545. The lowest BCUT2D eigenvalue weighted by Gasteiger charge is -2.13. The molecule has 0 saturated carbocycles. The molecule has 0 bridgehead atoms. The normalized spacial score (nSPS) is 10.9. The van der Waals surface area contributed by atoms with E-state index in [-0.39, 0.29) is 0 Å². The van der Waals surface area contributed by atoms with Crippen LogP contribution in [0.15, 0.2) is 36.4 Å². The Morgan fingerprint density at radius 1 is 0.652 bits per heavy atom. The molecule has 0 aliphatic heterocycles. The van der Waals surface area contributed by atoms with Crippen molar-refractivity contribution in [1.82, 2.24) is 0 Å². The summed E-state index contributed by atoms with van der Waals surface area (Å²) in [5, 5.41) is 2.10. The van der Waals surface area contributed by atoms with Gasteiger partial charge in [0.2, 0.25) is 0 Å². The summed E-state index contributed by atoms with van der Waals surface area (Å²) in [5.41, 5.74) is 0. The highest BCUT2D eigenvalue weighted by Crippen LogP contribution is 2.32. The molecule has 23 heavy (non-hydrogen) atoms. The summed E-state index contributed by atoms with van der Waals surface area (Å²) < 4.78 is 22.5. The number of benzene rings is 2. The van der Waals surface area contributed by atoms with Crippen molar-refractivity contribution in [2.75, 3.05) is 39.6 Å². The van der Waals surface area contributed by atoms with Crippen LogP contribution in [0.25, 0.3) is 10.8 Å². The van der Waals surface area contributed by atoms with Crippen molar-refractivity contribution >= 4 is 10.8 Å². The molecule has 0 fully saturated rings. The molecule has 4 nitrogen and oxygen atoms in total. The molecule has 0 radical (unpaired) electrons. The van der Waals surface area contributed by atoms with Crippen LogP contribution in [0.3, 0.4) is 0 Å². The molecule has 0 aliphatic rings. The van der Waals surface area contributed by atoms with Crippen LogP contribution in [-0.2, 0) is 9.47 Å². The molecule has 2 aromatic carbocycles. The lowest BCUT2D eigenvalue weighted by atomic mass is 10.1. The maximum atomic E-state index is 5.86. The number of rotatable bonds is 11. The molecule has 0 amide bonds. The van der Waals surface area contributed by atoms with Gasteiger partial charge in [-0.3, -0.25) is 0 Å². The smallest absolute Gasteiger partial charge is 0.127 e. The van der Waals surface area contributed by atoms with Gasteiger partial charge in [0.1, 0.15) is 24.7 Å². The summed E-state index contributed by atoms with van der Waals surface area (Å²) in [6.45, 7) is 7.85. The lowest BCUT2D eigenvalue weighted by Crippen LogP contribution is -2.08. The van der Waals surface area contributed by atoms with Crippen LogP contribution >= 0.6 is 0 Å². The molecule has 126 valence electrons. The van der Waals surface area contributed by atoms with E-state index in [0.29, 0.717) is 33.0 Å². The SMILES string of the molecule is CCCOCCOc1cccc2c(OCCOCC)cccc12. The predicted octanol–water partition coefficient (Wildman–Crippen LogP) is 4.06. The third kappa shape index (κ3) is 5.41. The zero-order chi connectivity index (χ0) is 16.3. The van der Waals surface area contributed by atoms with E-state index in [1.807, 2.05) is 43.3 Å². The fraction of sp³-hybridized carbons (Fsp3) is 0.474. The molecule has 0 saturated heterocycles. The van der Waals surface area contributed by atoms with E-state index in [4.69, 9.17) is 18.9 Å². The summed E-state index contributed by atoms with van der Waals surface area (Å²) in [5.74, 6) is 1.72. The second kappa shape index (κ2) is 10.1. The molecule has 2 aromatic rings. The van der Waals surface area contributed by atoms with Gasteiger partial charge >= 0.3 is 0 Å². The maximum Gasteiger partial charge on any atom is 0.127 e. The summed E-state index contributed by atoms with van der Waals surface area (Å²) in [6, 6.07) is 12.0. The first-order chi connectivity index (χ1) is 11.4. The molecule has 0 atom stereocenters. The fourth-order valence-corrected chi connectivity index (χ4v) is 2.32. The van der Waals surface area contributed by atoms with E-state index < -0.39 is 0 Å². The first-order valence-corrected chi connectivity index (χ1v) is 8.29. The van der Waals surface area contributed by atoms with Crippen molar-refractivity contribution in [2.45, 2.75) is 20.3 Å². The molecular formula is C19H26O4. The van der Waals surface area contributed by atoms with Crippen LogP contribution in [0, 0.1) is 0 Å². The van der Waals surface area contributed by atoms with Gasteiger partial charge in [0.25, 0.3) is 0 Å². The standard InChI is InChI=1S/C19H26O4/c1-3-11-21-13-15-23-19-10-6-7-16-17(19)8-5-9-18(16)22-14-12-20-4-2/h5-10H,3-4,11-15H2,1-2H3. The Bertz CT molecular complexity index is 583. The number of hydrogen-bond donors (Lipinski definition) is 0. The Hall–Kier alpha value is -1.78. The van der Waals surface area contributed by atoms with Gasteiger partial charge in [-0.05, 0) is 25.5 Å². The Kier molecular flexibility index (Phi) is 7.70. The second-order valence-corrected chi connectivity index (χ2v) is 5.11. The quantitative estimate of drug-likeness (QED) is 0.586. The molecule has 2 rings (SSSR count). The number of hydrogen-bond acceptors (Lipinski definition) is 4. The van der Waals surface area contributed by atoms with E-state index in [0.717, 1.165) is 35.3 Å². The fourth-order valence-electron chi connectivity index (χ4n) is 2.32. The van der Waals surface area contributed by atoms with Crippen molar-refractivity contribution in [3.8, 4) is 11.5 Å². The van der Waals surface area contributed by atoms with Crippen molar-refractivity contribution in [3.05, 3.63) is 36.4 Å². The Morgan fingerprint density at radius 2 is 1.22 bits per heavy atom. The monoisotopic (exact) mass is 318 g/mol. The third-order valence-electron chi connectivity index (χ3n) is 3.37. The minimum Gasteiger partial charge on any atom is -0.491 e. The maximum absolute atomic E-state index is 5.86. The summed E-state index contributed by atoms with van der Waals surface area (Å²) in [7, 11) is 0. The molecule has 0 aliphatic carbocycles. The Morgan fingerprint density at radius 3 is 1.74 bits per heavy atom. The van der Waals surface area contributed by atoms with Gasteiger partial charge in [-0.2, -0.15) is 0 Å².